The maximum absolute atomic E-state index is 9.20. The SMILES string of the molecule is CCN(CCNc1cc(C)nc(C)c1C#N)C1CC1. The molecule has 1 aliphatic rings. The lowest BCUT2D eigenvalue weighted by Gasteiger charge is -2.20. The van der Waals surface area contributed by atoms with E-state index in [0.717, 1.165) is 42.8 Å². The number of likely N-dealkylation sites (N-methyl/N-ethyl adjacent to an activating group) is 1. The quantitative estimate of drug-likeness (QED) is 0.851. The molecule has 1 heterocycles. The first-order valence-electron chi connectivity index (χ1n) is 7.02. The van der Waals surface area contributed by atoms with Gasteiger partial charge in [-0.15, -0.1) is 0 Å². The highest BCUT2D eigenvalue weighted by Gasteiger charge is 2.27. The number of hydrogen-bond acceptors (Lipinski definition) is 4. The minimum Gasteiger partial charge on any atom is -0.383 e. The number of nitriles is 1. The summed E-state index contributed by atoms with van der Waals surface area (Å²) >= 11 is 0. The standard InChI is InChI=1S/C15H22N4/c1-4-19(13-5-6-13)8-7-17-15-9-11(2)18-12(3)14(15)10-16/h9,13H,4-8H2,1-3H3,(H,17,18). The molecule has 0 saturated heterocycles. The molecule has 0 amide bonds. The zero-order valence-electron chi connectivity index (χ0n) is 12.0. The molecule has 19 heavy (non-hydrogen) atoms. The van der Waals surface area contributed by atoms with Crippen molar-refractivity contribution in [1.29, 1.82) is 5.26 Å². The number of nitrogens with zero attached hydrogens (tertiary/aromatic N) is 3. The van der Waals surface area contributed by atoms with E-state index in [9.17, 15) is 5.26 Å². The third-order valence-electron chi connectivity index (χ3n) is 3.62. The second kappa shape index (κ2) is 6.03. The fraction of sp³-hybridized carbons (Fsp3) is 0.600. The van der Waals surface area contributed by atoms with Gasteiger partial charge in [0, 0.05) is 24.8 Å². The summed E-state index contributed by atoms with van der Waals surface area (Å²) in [7, 11) is 0. The zero-order valence-corrected chi connectivity index (χ0v) is 12.0. The van der Waals surface area contributed by atoms with Crippen LogP contribution in [0.1, 0.15) is 36.7 Å². The fourth-order valence-electron chi connectivity index (χ4n) is 2.48. The Labute approximate surface area is 115 Å². The molecule has 1 aromatic rings. The topological polar surface area (TPSA) is 52.0 Å². The van der Waals surface area contributed by atoms with Crippen molar-refractivity contribution in [3.8, 4) is 6.07 Å². The monoisotopic (exact) mass is 258 g/mol. The van der Waals surface area contributed by atoms with Crippen molar-refractivity contribution >= 4 is 5.69 Å². The van der Waals surface area contributed by atoms with Crippen molar-refractivity contribution in [3.63, 3.8) is 0 Å². The van der Waals surface area contributed by atoms with E-state index in [2.05, 4.69) is 28.2 Å². The van der Waals surface area contributed by atoms with E-state index in [1.54, 1.807) is 0 Å². The van der Waals surface area contributed by atoms with Crippen molar-refractivity contribution < 1.29 is 0 Å². The second-order valence-electron chi connectivity index (χ2n) is 5.17. The molecule has 1 saturated carbocycles. The van der Waals surface area contributed by atoms with Gasteiger partial charge in [0.15, 0.2) is 0 Å². The maximum Gasteiger partial charge on any atom is 0.103 e. The molecular weight excluding hydrogens is 236 g/mol. The maximum atomic E-state index is 9.20. The molecule has 0 spiro atoms. The lowest BCUT2D eigenvalue weighted by molar-refractivity contribution is 0.289. The Hall–Kier alpha value is -1.60. The van der Waals surface area contributed by atoms with Crippen LogP contribution in [-0.4, -0.2) is 35.6 Å². The minimum atomic E-state index is 0.667. The van der Waals surface area contributed by atoms with E-state index < -0.39 is 0 Å². The summed E-state index contributed by atoms with van der Waals surface area (Å²) in [4.78, 5) is 6.83. The van der Waals surface area contributed by atoms with Gasteiger partial charge in [-0.3, -0.25) is 9.88 Å². The van der Waals surface area contributed by atoms with Crippen molar-refractivity contribution in [3.05, 3.63) is 23.0 Å². The second-order valence-corrected chi connectivity index (χ2v) is 5.17. The van der Waals surface area contributed by atoms with Crippen LogP contribution in [-0.2, 0) is 0 Å². The average Bonchev–Trinajstić information content (AvgIpc) is 3.18. The molecule has 2 rings (SSSR count). The largest absolute Gasteiger partial charge is 0.383 e. The van der Waals surface area contributed by atoms with Crippen LogP contribution in [0.25, 0.3) is 0 Å². The molecular formula is C15H22N4. The van der Waals surface area contributed by atoms with E-state index in [-0.39, 0.29) is 0 Å². The van der Waals surface area contributed by atoms with Crippen LogP contribution in [0.15, 0.2) is 6.07 Å². The third-order valence-corrected chi connectivity index (χ3v) is 3.62. The Balaban J connectivity index is 1.97. The van der Waals surface area contributed by atoms with Crippen molar-refractivity contribution in [2.75, 3.05) is 25.0 Å². The lowest BCUT2D eigenvalue weighted by Crippen LogP contribution is -2.31. The Kier molecular flexibility index (Phi) is 4.39. The first-order valence-corrected chi connectivity index (χ1v) is 7.02. The van der Waals surface area contributed by atoms with Crippen LogP contribution in [0.4, 0.5) is 5.69 Å². The summed E-state index contributed by atoms with van der Waals surface area (Å²) in [5.74, 6) is 0. The summed E-state index contributed by atoms with van der Waals surface area (Å²) < 4.78 is 0. The molecule has 0 radical (unpaired) electrons. The summed E-state index contributed by atoms with van der Waals surface area (Å²) in [5, 5.41) is 12.6. The summed E-state index contributed by atoms with van der Waals surface area (Å²) in [5.41, 5.74) is 3.34. The molecule has 1 fully saturated rings. The third kappa shape index (κ3) is 3.45. The van der Waals surface area contributed by atoms with Gasteiger partial charge in [0.05, 0.1) is 16.9 Å². The number of pyridine rings is 1. The number of anilines is 1. The van der Waals surface area contributed by atoms with Gasteiger partial charge in [-0.2, -0.15) is 5.26 Å². The molecule has 1 aliphatic carbocycles. The molecule has 0 bridgehead atoms. The molecule has 4 heteroatoms. The molecule has 1 aromatic heterocycles. The van der Waals surface area contributed by atoms with Crippen LogP contribution in [0, 0.1) is 25.2 Å². The minimum absolute atomic E-state index is 0.667. The first-order chi connectivity index (χ1) is 9.15. The number of hydrogen-bond donors (Lipinski definition) is 1. The first kappa shape index (κ1) is 13.8. The van der Waals surface area contributed by atoms with Gasteiger partial charge in [-0.05, 0) is 39.3 Å². The average molecular weight is 258 g/mol. The van der Waals surface area contributed by atoms with Gasteiger partial charge in [0.25, 0.3) is 0 Å². The number of aryl methyl sites for hydroxylation is 2. The molecule has 0 atom stereocenters. The molecule has 0 aliphatic heterocycles. The van der Waals surface area contributed by atoms with E-state index >= 15 is 0 Å². The predicted octanol–water partition coefficient (Wildman–Crippen LogP) is 2.47. The molecule has 102 valence electrons. The molecule has 0 aromatic carbocycles. The Morgan fingerprint density at radius 1 is 1.47 bits per heavy atom. The fourth-order valence-corrected chi connectivity index (χ4v) is 2.48. The summed E-state index contributed by atoms with van der Waals surface area (Å²) in [6.45, 7) is 9.07. The van der Waals surface area contributed by atoms with Crippen molar-refractivity contribution in [1.82, 2.24) is 9.88 Å². The highest BCUT2D eigenvalue weighted by Crippen LogP contribution is 2.26. The number of rotatable bonds is 6. The van der Waals surface area contributed by atoms with Crippen LogP contribution >= 0.6 is 0 Å². The van der Waals surface area contributed by atoms with Gasteiger partial charge >= 0.3 is 0 Å². The smallest absolute Gasteiger partial charge is 0.103 e. The van der Waals surface area contributed by atoms with E-state index in [1.165, 1.54) is 12.8 Å². The van der Waals surface area contributed by atoms with Crippen LogP contribution in [0.3, 0.4) is 0 Å². The van der Waals surface area contributed by atoms with E-state index in [0.29, 0.717) is 5.56 Å². The molecule has 1 N–H and O–H groups in total. The Bertz CT molecular complexity index is 486. The number of nitrogens with one attached hydrogen (secondary N) is 1. The summed E-state index contributed by atoms with van der Waals surface area (Å²) in [6, 6.07) is 4.99. The van der Waals surface area contributed by atoms with Crippen LogP contribution in [0.5, 0.6) is 0 Å². The van der Waals surface area contributed by atoms with Gasteiger partial charge in [0.1, 0.15) is 6.07 Å². The Morgan fingerprint density at radius 3 is 2.79 bits per heavy atom. The zero-order chi connectivity index (χ0) is 13.8. The van der Waals surface area contributed by atoms with Crippen molar-refractivity contribution in [2.24, 2.45) is 0 Å². The predicted molar refractivity (Wildman–Crippen MR) is 77.2 cm³/mol. The number of aromatic nitrogens is 1. The Morgan fingerprint density at radius 2 is 2.21 bits per heavy atom. The normalized spacial score (nSPS) is 14.5. The van der Waals surface area contributed by atoms with Gasteiger partial charge in [0.2, 0.25) is 0 Å². The lowest BCUT2D eigenvalue weighted by atomic mass is 10.1. The van der Waals surface area contributed by atoms with E-state index in [1.807, 2.05) is 19.9 Å². The van der Waals surface area contributed by atoms with Gasteiger partial charge in [-0.25, -0.2) is 0 Å². The molecule has 0 unspecified atom stereocenters. The van der Waals surface area contributed by atoms with E-state index in [4.69, 9.17) is 0 Å². The van der Waals surface area contributed by atoms with Crippen LogP contribution in [0.2, 0.25) is 0 Å². The molecule has 4 nitrogen and oxygen atoms in total. The van der Waals surface area contributed by atoms with Gasteiger partial charge in [-0.1, -0.05) is 6.92 Å². The summed E-state index contributed by atoms with van der Waals surface area (Å²) in [6.07, 6.45) is 2.68. The highest BCUT2D eigenvalue weighted by atomic mass is 15.2. The van der Waals surface area contributed by atoms with Gasteiger partial charge < -0.3 is 5.32 Å². The highest BCUT2D eigenvalue weighted by molar-refractivity contribution is 5.59. The van der Waals surface area contributed by atoms with Crippen molar-refractivity contribution in [2.45, 2.75) is 39.7 Å². The van der Waals surface area contributed by atoms with Crippen LogP contribution < -0.4 is 5.32 Å².